The average molecular weight is 254 g/mol. The van der Waals surface area contributed by atoms with Crippen LogP contribution in [0.5, 0.6) is 0 Å². The second-order valence-electron chi connectivity index (χ2n) is 4.69. The topological polar surface area (TPSA) is 25.4 Å². The molecule has 0 unspecified atom stereocenters. The van der Waals surface area contributed by atoms with Crippen molar-refractivity contribution in [1.29, 1.82) is 0 Å². The summed E-state index contributed by atoms with van der Waals surface area (Å²) in [7, 11) is 1.82. The molecule has 96 valence electrons. The molecule has 1 fully saturated rings. The second kappa shape index (κ2) is 6.47. The molecule has 2 rings (SSSR count). The minimum Gasteiger partial charge on any atom is -0.381 e. The summed E-state index contributed by atoms with van der Waals surface area (Å²) in [5, 5.41) is 3.50. The molecule has 0 bridgehead atoms. The first-order valence-electron chi connectivity index (χ1n) is 6.50. The highest BCUT2D eigenvalue weighted by Gasteiger charge is 2.19. The van der Waals surface area contributed by atoms with Gasteiger partial charge in [0.2, 0.25) is 0 Å². The molecule has 17 heavy (non-hydrogen) atoms. The Bertz CT molecular complexity index is 332. The molecular weight excluding hydrogens is 232 g/mol. The van der Waals surface area contributed by atoms with Crippen LogP contribution in [0.25, 0.3) is 0 Å². The summed E-state index contributed by atoms with van der Waals surface area (Å²) < 4.78 is 5.39. The first-order valence-corrected chi connectivity index (χ1v) is 7.38. The summed E-state index contributed by atoms with van der Waals surface area (Å²) in [6.07, 6.45) is 5.09. The van der Waals surface area contributed by atoms with Crippen molar-refractivity contribution in [3.05, 3.63) is 16.1 Å². The van der Waals surface area contributed by atoms with Crippen molar-refractivity contribution in [3.8, 4) is 0 Å². The van der Waals surface area contributed by atoms with Gasteiger partial charge < -0.3 is 4.74 Å². The lowest BCUT2D eigenvalue weighted by Crippen LogP contribution is -2.36. The lowest BCUT2D eigenvalue weighted by molar-refractivity contribution is 0.0385. The standard InChI is InChI=1S/C13H22N2OS/c1-3-4-13-14-11(10-17-13)9-15-7-5-12(16-2)6-8-15/h10,12H,3-9H2,1-2H3. The molecule has 0 aromatic carbocycles. The monoisotopic (exact) mass is 254 g/mol. The predicted molar refractivity (Wildman–Crippen MR) is 71.4 cm³/mol. The van der Waals surface area contributed by atoms with Gasteiger partial charge in [0.05, 0.1) is 16.8 Å². The third-order valence-corrected chi connectivity index (χ3v) is 4.27. The third-order valence-electron chi connectivity index (χ3n) is 3.32. The Balaban J connectivity index is 1.80. The van der Waals surface area contributed by atoms with Crippen molar-refractivity contribution in [2.45, 2.75) is 45.3 Å². The smallest absolute Gasteiger partial charge is 0.0928 e. The third kappa shape index (κ3) is 3.76. The van der Waals surface area contributed by atoms with Crippen molar-refractivity contribution in [2.24, 2.45) is 0 Å². The normalized spacial score (nSPS) is 18.7. The van der Waals surface area contributed by atoms with Gasteiger partial charge in [0.15, 0.2) is 0 Å². The van der Waals surface area contributed by atoms with Gasteiger partial charge in [-0.3, -0.25) is 4.90 Å². The number of rotatable bonds is 5. The molecule has 0 atom stereocenters. The summed E-state index contributed by atoms with van der Waals surface area (Å²) in [5.41, 5.74) is 1.24. The maximum absolute atomic E-state index is 5.39. The van der Waals surface area contributed by atoms with Crippen molar-refractivity contribution >= 4 is 11.3 Å². The second-order valence-corrected chi connectivity index (χ2v) is 5.64. The Morgan fingerprint density at radius 2 is 2.24 bits per heavy atom. The summed E-state index contributed by atoms with van der Waals surface area (Å²) >= 11 is 1.81. The van der Waals surface area contributed by atoms with E-state index in [1.165, 1.54) is 17.1 Å². The van der Waals surface area contributed by atoms with Crippen molar-refractivity contribution in [3.63, 3.8) is 0 Å². The van der Waals surface area contributed by atoms with E-state index in [1.54, 1.807) is 11.3 Å². The van der Waals surface area contributed by atoms with E-state index in [-0.39, 0.29) is 0 Å². The Labute approximate surface area is 108 Å². The van der Waals surface area contributed by atoms with Gasteiger partial charge >= 0.3 is 0 Å². The first kappa shape index (κ1) is 13.0. The van der Waals surface area contributed by atoms with E-state index < -0.39 is 0 Å². The van der Waals surface area contributed by atoms with E-state index in [0.29, 0.717) is 6.10 Å². The summed E-state index contributed by atoms with van der Waals surface area (Å²) in [6, 6.07) is 0. The number of hydrogen-bond donors (Lipinski definition) is 0. The van der Waals surface area contributed by atoms with Crippen LogP contribution >= 0.6 is 11.3 Å². The van der Waals surface area contributed by atoms with Crippen molar-refractivity contribution < 1.29 is 4.74 Å². The molecule has 0 aliphatic carbocycles. The lowest BCUT2D eigenvalue weighted by atomic mass is 10.1. The van der Waals surface area contributed by atoms with E-state index in [4.69, 9.17) is 4.74 Å². The molecule has 1 aliphatic heterocycles. The van der Waals surface area contributed by atoms with Crippen LogP contribution in [-0.2, 0) is 17.7 Å². The molecule has 4 heteroatoms. The molecule has 1 aliphatic rings. The Morgan fingerprint density at radius 3 is 2.88 bits per heavy atom. The molecule has 0 spiro atoms. The maximum Gasteiger partial charge on any atom is 0.0928 e. The molecule has 1 aromatic rings. The van der Waals surface area contributed by atoms with Gasteiger partial charge in [0.1, 0.15) is 0 Å². The SMILES string of the molecule is CCCc1nc(CN2CCC(OC)CC2)cs1. The number of aromatic nitrogens is 1. The highest BCUT2D eigenvalue weighted by atomic mass is 32.1. The largest absolute Gasteiger partial charge is 0.381 e. The number of thiazole rings is 1. The Hall–Kier alpha value is -0.450. The van der Waals surface area contributed by atoms with Crippen LogP contribution in [0.3, 0.4) is 0 Å². The van der Waals surface area contributed by atoms with E-state index in [2.05, 4.69) is 22.2 Å². The fraction of sp³-hybridized carbons (Fsp3) is 0.769. The van der Waals surface area contributed by atoms with Gasteiger partial charge in [-0.2, -0.15) is 0 Å². The van der Waals surface area contributed by atoms with E-state index >= 15 is 0 Å². The highest BCUT2D eigenvalue weighted by Crippen LogP contribution is 2.17. The number of nitrogens with zero attached hydrogens (tertiary/aromatic N) is 2. The van der Waals surface area contributed by atoms with Gasteiger partial charge in [-0.25, -0.2) is 4.98 Å². The quantitative estimate of drug-likeness (QED) is 0.808. The lowest BCUT2D eigenvalue weighted by Gasteiger charge is -2.30. The van der Waals surface area contributed by atoms with Crippen LogP contribution in [0, 0.1) is 0 Å². The number of aryl methyl sites for hydroxylation is 1. The number of methoxy groups -OCH3 is 1. The molecule has 1 saturated heterocycles. The maximum atomic E-state index is 5.39. The molecule has 0 N–H and O–H groups in total. The fourth-order valence-electron chi connectivity index (χ4n) is 2.28. The van der Waals surface area contributed by atoms with Gasteiger partial charge in [-0.05, 0) is 25.7 Å². The minimum absolute atomic E-state index is 0.470. The van der Waals surface area contributed by atoms with Crippen molar-refractivity contribution in [1.82, 2.24) is 9.88 Å². The van der Waals surface area contributed by atoms with Crippen LogP contribution in [0.15, 0.2) is 5.38 Å². The Morgan fingerprint density at radius 1 is 1.47 bits per heavy atom. The molecule has 0 radical (unpaired) electrons. The predicted octanol–water partition coefficient (Wildman–Crippen LogP) is 2.71. The van der Waals surface area contributed by atoms with Crippen LogP contribution in [-0.4, -0.2) is 36.2 Å². The number of ether oxygens (including phenoxy) is 1. The summed E-state index contributed by atoms with van der Waals surface area (Å²) in [5.74, 6) is 0. The molecule has 0 amide bonds. The van der Waals surface area contributed by atoms with E-state index in [9.17, 15) is 0 Å². The summed E-state index contributed by atoms with van der Waals surface area (Å²) in [6.45, 7) is 5.49. The first-order chi connectivity index (χ1) is 8.31. The zero-order chi connectivity index (χ0) is 12.1. The van der Waals surface area contributed by atoms with Crippen LogP contribution < -0.4 is 0 Å². The molecule has 0 saturated carbocycles. The van der Waals surface area contributed by atoms with Gasteiger partial charge in [0, 0.05) is 32.1 Å². The van der Waals surface area contributed by atoms with Crippen molar-refractivity contribution in [2.75, 3.05) is 20.2 Å². The van der Waals surface area contributed by atoms with E-state index in [0.717, 1.165) is 38.9 Å². The van der Waals surface area contributed by atoms with E-state index in [1.807, 2.05) is 7.11 Å². The summed E-state index contributed by atoms with van der Waals surface area (Å²) in [4.78, 5) is 7.17. The molecule has 3 nitrogen and oxygen atoms in total. The van der Waals surface area contributed by atoms with Crippen LogP contribution in [0.4, 0.5) is 0 Å². The number of piperidine rings is 1. The zero-order valence-corrected chi connectivity index (χ0v) is 11.6. The number of hydrogen-bond acceptors (Lipinski definition) is 4. The molecular formula is C13H22N2OS. The van der Waals surface area contributed by atoms with Gasteiger partial charge in [-0.15, -0.1) is 11.3 Å². The van der Waals surface area contributed by atoms with Gasteiger partial charge in [-0.1, -0.05) is 6.92 Å². The highest BCUT2D eigenvalue weighted by molar-refractivity contribution is 7.09. The molecule has 2 heterocycles. The number of likely N-dealkylation sites (tertiary alicyclic amines) is 1. The average Bonchev–Trinajstić information content (AvgIpc) is 2.78. The van der Waals surface area contributed by atoms with Crippen LogP contribution in [0.2, 0.25) is 0 Å². The van der Waals surface area contributed by atoms with Gasteiger partial charge in [0.25, 0.3) is 0 Å². The zero-order valence-electron chi connectivity index (χ0n) is 10.8. The minimum atomic E-state index is 0.470. The fourth-order valence-corrected chi connectivity index (χ4v) is 3.17. The van der Waals surface area contributed by atoms with Crippen LogP contribution in [0.1, 0.15) is 36.9 Å². The Kier molecular flexibility index (Phi) is 4.95. The molecule has 1 aromatic heterocycles.